The van der Waals surface area contributed by atoms with Crippen LogP contribution >= 0.6 is 11.8 Å². The highest BCUT2D eigenvalue weighted by molar-refractivity contribution is 7.99. The second-order valence-electron chi connectivity index (χ2n) is 4.56. The molecule has 0 saturated carbocycles. The molecular weight excluding hydrogens is 332 g/mol. The van der Waals surface area contributed by atoms with Crippen molar-refractivity contribution in [1.82, 2.24) is 4.98 Å². The average molecular weight is 348 g/mol. The van der Waals surface area contributed by atoms with E-state index in [2.05, 4.69) is 10.3 Å². The molecule has 1 heterocycles. The fourth-order valence-electron chi connectivity index (χ4n) is 1.94. The lowest BCUT2D eigenvalue weighted by Gasteiger charge is -2.13. The van der Waals surface area contributed by atoms with E-state index in [-0.39, 0.29) is 11.3 Å². The molecule has 126 valence electrons. The molecule has 0 atom stereocenters. The number of carboxylic acids is 1. The second kappa shape index (κ2) is 8.21. The van der Waals surface area contributed by atoms with Crippen molar-refractivity contribution in [3.8, 4) is 11.5 Å². The van der Waals surface area contributed by atoms with Crippen molar-refractivity contribution in [3.63, 3.8) is 0 Å². The number of aromatic nitrogens is 1. The molecule has 24 heavy (non-hydrogen) atoms. The summed E-state index contributed by atoms with van der Waals surface area (Å²) in [6.45, 7) is 0. The summed E-state index contributed by atoms with van der Waals surface area (Å²) in [4.78, 5) is 27.1. The molecule has 1 aromatic carbocycles. The van der Waals surface area contributed by atoms with Gasteiger partial charge >= 0.3 is 5.97 Å². The minimum atomic E-state index is -0.914. The van der Waals surface area contributed by atoms with Gasteiger partial charge in [0, 0.05) is 0 Å². The van der Waals surface area contributed by atoms with Crippen molar-refractivity contribution >= 4 is 29.3 Å². The van der Waals surface area contributed by atoms with Gasteiger partial charge in [-0.3, -0.25) is 9.59 Å². The molecule has 0 bridgehead atoms. The number of carbonyl (C=O) groups excluding carboxylic acids is 1. The lowest BCUT2D eigenvalue weighted by Crippen LogP contribution is -2.14. The first-order valence-corrected chi connectivity index (χ1v) is 7.86. The molecule has 0 aliphatic carbocycles. The van der Waals surface area contributed by atoms with Gasteiger partial charge in [-0.25, -0.2) is 4.98 Å². The van der Waals surface area contributed by atoms with Gasteiger partial charge in [-0.15, -0.1) is 0 Å². The fourth-order valence-corrected chi connectivity index (χ4v) is 2.51. The second-order valence-corrected chi connectivity index (χ2v) is 5.55. The van der Waals surface area contributed by atoms with Crippen LogP contribution in [0.1, 0.15) is 10.4 Å². The third kappa shape index (κ3) is 4.39. The maximum atomic E-state index is 12.5. The SMILES string of the molecule is COc1cccc(OC)c1C(=O)Nc1ccc(SCC(=O)O)nc1. The molecule has 2 N–H and O–H groups in total. The van der Waals surface area contributed by atoms with Gasteiger partial charge in [0.1, 0.15) is 17.1 Å². The molecular formula is C16H16N2O5S. The van der Waals surface area contributed by atoms with Gasteiger partial charge < -0.3 is 19.9 Å². The van der Waals surface area contributed by atoms with E-state index in [4.69, 9.17) is 14.6 Å². The van der Waals surface area contributed by atoms with Crippen LogP contribution in [0.2, 0.25) is 0 Å². The van der Waals surface area contributed by atoms with Crippen molar-refractivity contribution in [2.75, 3.05) is 25.3 Å². The number of thioether (sulfide) groups is 1. The number of carboxylic acid groups (broad SMARTS) is 1. The van der Waals surface area contributed by atoms with E-state index in [1.807, 2.05) is 0 Å². The quantitative estimate of drug-likeness (QED) is 0.742. The Morgan fingerprint density at radius 3 is 2.33 bits per heavy atom. The van der Waals surface area contributed by atoms with Gasteiger partial charge in [-0.1, -0.05) is 17.8 Å². The number of aliphatic carboxylic acids is 1. The normalized spacial score (nSPS) is 10.1. The summed E-state index contributed by atoms with van der Waals surface area (Å²) in [7, 11) is 2.95. The molecule has 0 aliphatic heterocycles. The number of methoxy groups -OCH3 is 2. The zero-order chi connectivity index (χ0) is 17.5. The van der Waals surface area contributed by atoms with Crippen molar-refractivity contribution < 1.29 is 24.2 Å². The Morgan fingerprint density at radius 1 is 1.17 bits per heavy atom. The molecule has 2 aromatic rings. The number of hydrogen-bond donors (Lipinski definition) is 2. The highest BCUT2D eigenvalue weighted by Crippen LogP contribution is 2.29. The Hall–Kier alpha value is -2.74. The summed E-state index contributed by atoms with van der Waals surface area (Å²) < 4.78 is 10.4. The molecule has 0 radical (unpaired) electrons. The van der Waals surface area contributed by atoms with Crippen LogP contribution in [0.4, 0.5) is 5.69 Å². The molecule has 0 unspecified atom stereocenters. The van der Waals surface area contributed by atoms with Crippen molar-refractivity contribution in [2.45, 2.75) is 5.03 Å². The number of nitrogens with zero attached hydrogens (tertiary/aromatic N) is 1. The average Bonchev–Trinajstić information content (AvgIpc) is 2.60. The van der Waals surface area contributed by atoms with Gasteiger partial charge in [-0.2, -0.15) is 0 Å². The summed E-state index contributed by atoms with van der Waals surface area (Å²) >= 11 is 1.10. The lowest BCUT2D eigenvalue weighted by molar-refractivity contribution is -0.133. The zero-order valence-electron chi connectivity index (χ0n) is 13.1. The smallest absolute Gasteiger partial charge is 0.313 e. The highest BCUT2D eigenvalue weighted by atomic mass is 32.2. The van der Waals surface area contributed by atoms with Crippen LogP contribution < -0.4 is 14.8 Å². The molecule has 0 saturated heterocycles. The molecule has 1 aromatic heterocycles. The van der Waals surface area contributed by atoms with Crippen LogP contribution in [0, 0.1) is 0 Å². The molecule has 0 fully saturated rings. The third-order valence-electron chi connectivity index (χ3n) is 2.99. The van der Waals surface area contributed by atoms with Gasteiger partial charge in [0.15, 0.2) is 0 Å². The Kier molecular flexibility index (Phi) is 6.02. The van der Waals surface area contributed by atoms with Gasteiger partial charge in [-0.05, 0) is 24.3 Å². The summed E-state index contributed by atoms with van der Waals surface area (Å²) in [6.07, 6.45) is 1.46. The minimum absolute atomic E-state index is 0.0723. The highest BCUT2D eigenvalue weighted by Gasteiger charge is 2.18. The van der Waals surface area contributed by atoms with E-state index in [0.29, 0.717) is 22.2 Å². The number of nitrogens with one attached hydrogen (secondary N) is 1. The Balaban J connectivity index is 2.14. The molecule has 1 amide bonds. The molecule has 2 rings (SSSR count). The van der Waals surface area contributed by atoms with Crippen LogP contribution in [-0.4, -0.2) is 41.9 Å². The van der Waals surface area contributed by atoms with Crippen LogP contribution in [0.3, 0.4) is 0 Å². The third-order valence-corrected chi connectivity index (χ3v) is 3.92. The number of hydrogen-bond acceptors (Lipinski definition) is 6. The van der Waals surface area contributed by atoms with E-state index in [1.165, 1.54) is 20.4 Å². The molecule has 8 heteroatoms. The van der Waals surface area contributed by atoms with Crippen molar-refractivity contribution in [2.24, 2.45) is 0 Å². The number of pyridine rings is 1. The lowest BCUT2D eigenvalue weighted by atomic mass is 10.1. The van der Waals surface area contributed by atoms with Crippen molar-refractivity contribution in [3.05, 3.63) is 42.1 Å². The predicted molar refractivity (Wildman–Crippen MR) is 90.1 cm³/mol. The summed E-state index contributed by atoms with van der Waals surface area (Å²) in [5.41, 5.74) is 0.763. The number of ether oxygens (including phenoxy) is 2. The van der Waals surface area contributed by atoms with Crippen LogP contribution in [0.15, 0.2) is 41.6 Å². The zero-order valence-corrected chi connectivity index (χ0v) is 13.9. The van der Waals surface area contributed by atoms with E-state index >= 15 is 0 Å². The topological polar surface area (TPSA) is 97.8 Å². The number of rotatable bonds is 7. The first kappa shape index (κ1) is 17.6. The largest absolute Gasteiger partial charge is 0.496 e. The Labute approximate surface area is 143 Å². The number of carbonyl (C=O) groups is 2. The summed E-state index contributed by atoms with van der Waals surface area (Å²) in [5, 5.41) is 11.9. The Morgan fingerprint density at radius 2 is 1.83 bits per heavy atom. The fraction of sp³-hybridized carbons (Fsp3) is 0.188. The number of benzene rings is 1. The van der Waals surface area contributed by atoms with Gasteiger partial charge in [0.05, 0.1) is 36.9 Å². The van der Waals surface area contributed by atoms with Crippen LogP contribution in [0.5, 0.6) is 11.5 Å². The van der Waals surface area contributed by atoms with Gasteiger partial charge in [0.25, 0.3) is 5.91 Å². The van der Waals surface area contributed by atoms with Gasteiger partial charge in [0.2, 0.25) is 0 Å². The Bertz CT molecular complexity index is 711. The number of amides is 1. The number of anilines is 1. The summed E-state index contributed by atoms with van der Waals surface area (Å²) in [5.74, 6) is -0.585. The maximum Gasteiger partial charge on any atom is 0.313 e. The molecule has 0 spiro atoms. The van der Waals surface area contributed by atoms with Crippen molar-refractivity contribution in [1.29, 1.82) is 0 Å². The predicted octanol–water partition coefficient (Wildman–Crippen LogP) is 2.53. The molecule has 7 nitrogen and oxygen atoms in total. The minimum Gasteiger partial charge on any atom is -0.496 e. The van der Waals surface area contributed by atoms with Crippen LogP contribution in [-0.2, 0) is 4.79 Å². The van der Waals surface area contributed by atoms with Crippen LogP contribution in [0.25, 0.3) is 0 Å². The standard InChI is InChI=1S/C16H16N2O5S/c1-22-11-4-3-5-12(23-2)15(11)16(21)18-10-6-7-13(17-8-10)24-9-14(19)20/h3-8H,9H2,1-2H3,(H,18,21)(H,19,20). The maximum absolute atomic E-state index is 12.5. The summed E-state index contributed by atoms with van der Waals surface area (Å²) in [6, 6.07) is 8.35. The first-order chi connectivity index (χ1) is 11.5. The van der Waals surface area contributed by atoms with E-state index < -0.39 is 11.9 Å². The van der Waals surface area contributed by atoms with E-state index in [1.54, 1.807) is 30.3 Å². The molecule has 0 aliphatic rings. The first-order valence-electron chi connectivity index (χ1n) is 6.88. The van der Waals surface area contributed by atoms with E-state index in [9.17, 15) is 9.59 Å². The monoisotopic (exact) mass is 348 g/mol. The van der Waals surface area contributed by atoms with E-state index in [0.717, 1.165) is 11.8 Å².